The van der Waals surface area contributed by atoms with Gasteiger partial charge in [-0.05, 0) is 69.4 Å². The largest absolute Gasteiger partial charge is 0.353 e. The van der Waals surface area contributed by atoms with Crippen LogP contribution in [0.3, 0.4) is 0 Å². The fourth-order valence-corrected chi connectivity index (χ4v) is 3.09. The number of nitrogens with one attached hydrogen (secondary N) is 2. The zero-order chi connectivity index (χ0) is 11.7. The Morgan fingerprint density at radius 3 is 2.33 bits per heavy atom. The van der Waals surface area contributed by atoms with Crippen molar-refractivity contribution in [2.45, 2.75) is 51.0 Å². The SMILES string of the molecule is Cl.O=C(CCC1CCNC1)NC(C1CC1)C1CC1. The Bertz CT molecular complexity index is 272. The van der Waals surface area contributed by atoms with Crippen LogP contribution in [0.5, 0.6) is 0 Å². The minimum atomic E-state index is 0. The predicted octanol–water partition coefficient (Wildman–Crippen LogP) is 2.10. The highest BCUT2D eigenvalue weighted by Crippen LogP contribution is 2.44. The number of carbonyl (C=O) groups is 1. The lowest BCUT2D eigenvalue weighted by molar-refractivity contribution is -0.122. The number of halogens is 1. The van der Waals surface area contributed by atoms with Gasteiger partial charge in [-0.25, -0.2) is 0 Å². The molecule has 0 aromatic heterocycles. The topological polar surface area (TPSA) is 41.1 Å². The van der Waals surface area contributed by atoms with Crippen LogP contribution in [0.25, 0.3) is 0 Å². The van der Waals surface area contributed by atoms with Gasteiger partial charge in [0, 0.05) is 12.5 Å². The molecule has 18 heavy (non-hydrogen) atoms. The highest BCUT2D eigenvalue weighted by Gasteiger charge is 2.42. The molecule has 1 unspecified atom stereocenters. The minimum Gasteiger partial charge on any atom is -0.353 e. The van der Waals surface area contributed by atoms with Crippen molar-refractivity contribution in [1.82, 2.24) is 10.6 Å². The monoisotopic (exact) mass is 272 g/mol. The Morgan fingerprint density at radius 2 is 1.83 bits per heavy atom. The van der Waals surface area contributed by atoms with E-state index in [1.54, 1.807) is 0 Å². The maximum absolute atomic E-state index is 11.9. The maximum atomic E-state index is 11.9. The molecular formula is C14H25ClN2O. The summed E-state index contributed by atoms with van der Waals surface area (Å²) >= 11 is 0. The van der Waals surface area contributed by atoms with E-state index in [1.165, 1.54) is 32.1 Å². The Morgan fingerprint density at radius 1 is 1.17 bits per heavy atom. The number of hydrogen-bond acceptors (Lipinski definition) is 2. The summed E-state index contributed by atoms with van der Waals surface area (Å²) in [5.41, 5.74) is 0. The van der Waals surface area contributed by atoms with Gasteiger partial charge in [-0.1, -0.05) is 0 Å². The molecule has 2 N–H and O–H groups in total. The number of carbonyl (C=O) groups excluding carboxylic acids is 1. The summed E-state index contributed by atoms with van der Waals surface area (Å²) < 4.78 is 0. The van der Waals surface area contributed by atoms with Crippen molar-refractivity contribution in [3.8, 4) is 0 Å². The van der Waals surface area contributed by atoms with Crippen LogP contribution < -0.4 is 10.6 Å². The van der Waals surface area contributed by atoms with E-state index >= 15 is 0 Å². The molecule has 0 aromatic carbocycles. The summed E-state index contributed by atoms with van der Waals surface area (Å²) in [5, 5.41) is 6.67. The van der Waals surface area contributed by atoms with E-state index in [1.807, 2.05) is 0 Å². The van der Waals surface area contributed by atoms with Gasteiger partial charge in [0.1, 0.15) is 0 Å². The first-order chi connectivity index (χ1) is 8.33. The van der Waals surface area contributed by atoms with E-state index in [4.69, 9.17) is 0 Å². The molecule has 3 nitrogen and oxygen atoms in total. The lowest BCUT2D eigenvalue weighted by Crippen LogP contribution is -2.38. The van der Waals surface area contributed by atoms with E-state index in [2.05, 4.69) is 10.6 Å². The normalized spacial score (nSPS) is 27.1. The molecule has 0 bridgehead atoms. The van der Waals surface area contributed by atoms with E-state index in [-0.39, 0.29) is 12.4 Å². The van der Waals surface area contributed by atoms with Crippen LogP contribution in [0.1, 0.15) is 44.9 Å². The van der Waals surface area contributed by atoms with E-state index in [0.29, 0.717) is 11.9 Å². The molecule has 3 fully saturated rings. The van der Waals surface area contributed by atoms with Crippen LogP contribution in [0.2, 0.25) is 0 Å². The highest BCUT2D eigenvalue weighted by molar-refractivity contribution is 5.85. The van der Waals surface area contributed by atoms with Crippen molar-refractivity contribution in [3.63, 3.8) is 0 Å². The molecule has 0 spiro atoms. The van der Waals surface area contributed by atoms with Gasteiger partial charge in [-0.15, -0.1) is 12.4 Å². The summed E-state index contributed by atoms with van der Waals surface area (Å²) in [7, 11) is 0. The molecule has 3 rings (SSSR count). The smallest absolute Gasteiger partial charge is 0.220 e. The molecule has 2 aliphatic carbocycles. The molecule has 0 aromatic rings. The maximum Gasteiger partial charge on any atom is 0.220 e. The van der Waals surface area contributed by atoms with Gasteiger partial charge < -0.3 is 10.6 Å². The fraction of sp³-hybridized carbons (Fsp3) is 0.929. The molecule has 104 valence electrons. The van der Waals surface area contributed by atoms with Crippen molar-refractivity contribution >= 4 is 18.3 Å². The summed E-state index contributed by atoms with van der Waals surface area (Å²) in [6, 6.07) is 0.532. The molecule has 4 heteroatoms. The summed E-state index contributed by atoms with van der Waals surface area (Å²) in [6.45, 7) is 2.25. The Kier molecular flexibility index (Phi) is 4.91. The number of amides is 1. The quantitative estimate of drug-likeness (QED) is 0.778. The average molecular weight is 273 g/mol. The molecule has 0 radical (unpaired) electrons. The van der Waals surface area contributed by atoms with Crippen LogP contribution in [-0.2, 0) is 4.79 Å². The third kappa shape index (κ3) is 3.86. The van der Waals surface area contributed by atoms with Crippen LogP contribution in [-0.4, -0.2) is 25.0 Å². The van der Waals surface area contributed by atoms with Crippen LogP contribution in [0.4, 0.5) is 0 Å². The third-order valence-electron chi connectivity index (χ3n) is 4.53. The van der Waals surface area contributed by atoms with E-state index < -0.39 is 0 Å². The van der Waals surface area contributed by atoms with Gasteiger partial charge >= 0.3 is 0 Å². The first-order valence-electron chi connectivity index (χ1n) is 7.33. The van der Waals surface area contributed by atoms with Crippen molar-refractivity contribution in [1.29, 1.82) is 0 Å². The fourth-order valence-electron chi connectivity index (χ4n) is 3.09. The first kappa shape index (κ1) is 14.1. The first-order valence-corrected chi connectivity index (χ1v) is 7.33. The Labute approximate surface area is 116 Å². The molecular weight excluding hydrogens is 248 g/mol. The molecule has 1 amide bonds. The lowest BCUT2D eigenvalue weighted by atomic mass is 10.0. The molecule has 3 aliphatic rings. The van der Waals surface area contributed by atoms with Crippen molar-refractivity contribution in [2.24, 2.45) is 17.8 Å². The van der Waals surface area contributed by atoms with Crippen LogP contribution >= 0.6 is 12.4 Å². The van der Waals surface area contributed by atoms with Gasteiger partial charge in [0.15, 0.2) is 0 Å². The second-order valence-corrected chi connectivity index (χ2v) is 6.17. The second-order valence-electron chi connectivity index (χ2n) is 6.17. The van der Waals surface area contributed by atoms with E-state index in [9.17, 15) is 4.79 Å². The lowest BCUT2D eigenvalue weighted by Gasteiger charge is -2.18. The van der Waals surface area contributed by atoms with E-state index in [0.717, 1.165) is 43.7 Å². The summed E-state index contributed by atoms with van der Waals surface area (Å²) in [4.78, 5) is 11.9. The van der Waals surface area contributed by atoms with Crippen molar-refractivity contribution < 1.29 is 4.79 Å². The minimum absolute atomic E-state index is 0. The molecule has 1 aliphatic heterocycles. The molecule has 1 saturated heterocycles. The second kappa shape index (κ2) is 6.25. The highest BCUT2D eigenvalue weighted by atomic mass is 35.5. The van der Waals surface area contributed by atoms with Gasteiger partial charge in [0.05, 0.1) is 0 Å². The zero-order valence-electron chi connectivity index (χ0n) is 11.0. The van der Waals surface area contributed by atoms with Crippen LogP contribution in [0.15, 0.2) is 0 Å². The molecule has 1 atom stereocenters. The zero-order valence-corrected chi connectivity index (χ0v) is 11.8. The summed E-state index contributed by atoms with van der Waals surface area (Å²) in [6.07, 6.45) is 8.43. The summed E-state index contributed by atoms with van der Waals surface area (Å²) in [5.74, 6) is 2.68. The molecule has 1 heterocycles. The standard InChI is InChI=1S/C14H24N2O.ClH/c17-13(6-1-10-7-8-15-9-10)16-14(11-2-3-11)12-4-5-12;/h10-12,14-15H,1-9H2,(H,16,17);1H. The van der Waals surface area contributed by atoms with Crippen molar-refractivity contribution in [2.75, 3.05) is 13.1 Å². The van der Waals surface area contributed by atoms with Gasteiger partial charge in [-0.2, -0.15) is 0 Å². The van der Waals surface area contributed by atoms with Gasteiger partial charge in [-0.3, -0.25) is 4.79 Å². The number of hydrogen-bond donors (Lipinski definition) is 2. The predicted molar refractivity (Wildman–Crippen MR) is 74.8 cm³/mol. The Hall–Kier alpha value is -0.280. The van der Waals surface area contributed by atoms with Gasteiger partial charge in [0.2, 0.25) is 5.91 Å². The van der Waals surface area contributed by atoms with Crippen LogP contribution in [0, 0.1) is 17.8 Å². The van der Waals surface area contributed by atoms with Gasteiger partial charge in [0.25, 0.3) is 0 Å². The third-order valence-corrected chi connectivity index (χ3v) is 4.53. The molecule has 2 saturated carbocycles. The number of rotatable bonds is 6. The Balaban J connectivity index is 0.00000120. The average Bonchev–Trinajstić information content (AvgIpc) is 3.24. The van der Waals surface area contributed by atoms with Crippen molar-refractivity contribution in [3.05, 3.63) is 0 Å².